The second-order valence-electron chi connectivity index (χ2n) is 4.60. The van der Waals surface area contributed by atoms with E-state index in [-0.39, 0.29) is 6.04 Å². The molecule has 2 rings (SSSR count). The zero-order chi connectivity index (χ0) is 14.0. The molecule has 0 radical (unpaired) electrons. The number of anilines is 1. The van der Waals surface area contributed by atoms with Gasteiger partial charge in [-0.3, -0.25) is 0 Å². The molecule has 0 saturated carbocycles. The van der Waals surface area contributed by atoms with Crippen molar-refractivity contribution in [3.8, 4) is 0 Å². The number of nitrogens with one attached hydrogen (secondary N) is 1. The van der Waals surface area contributed by atoms with E-state index >= 15 is 0 Å². The molecule has 0 saturated heterocycles. The van der Waals surface area contributed by atoms with Gasteiger partial charge in [0.05, 0.1) is 11.6 Å². The Hall–Kier alpha value is -2.23. The molecule has 1 aromatic heterocycles. The fourth-order valence-electron chi connectivity index (χ4n) is 2.01. The third kappa shape index (κ3) is 2.78. The largest absolute Gasteiger partial charge is 0.478 e. The molecular formula is C15H17NO3. The number of aryl methyl sites for hydroxylation is 1. The average Bonchev–Trinajstić information content (AvgIpc) is 2.78. The van der Waals surface area contributed by atoms with E-state index in [2.05, 4.69) is 5.32 Å². The Kier molecular flexibility index (Phi) is 3.60. The van der Waals surface area contributed by atoms with Gasteiger partial charge in [0.15, 0.2) is 0 Å². The molecule has 1 heterocycles. The van der Waals surface area contributed by atoms with Gasteiger partial charge in [0.25, 0.3) is 0 Å². The number of rotatable bonds is 4. The summed E-state index contributed by atoms with van der Waals surface area (Å²) in [6, 6.07) is 9.02. The van der Waals surface area contributed by atoms with Crippen molar-refractivity contribution in [2.24, 2.45) is 0 Å². The van der Waals surface area contributed by atoms with Crippen LogP contribution >= 0.6 is 0 Å². The first-order valence-electron chi connectivity index (χ1n) is 6.15. The van der Waals surface area contributed by atoms with Crippen molar-refractivity contribution in [3.05, 3.63) is 53.0 Å². The standard InChI is InChI=1S/C15H17NO3/c1-9-7-8-14(19-9)11(3)16-13-6-4-5-12(10(13)2)15(17)18/h4-8,11,16H,1-3H3,(H,17,18). The van der Waals surface area contributed by atoms with E-state index in [9.17, 15) is 4.79 Å². The van der Waals surface area contributed by atoms with Crippen molar-refractivity contribution in [1.82, 2.24) is 0 Å². The summed E-state index contributed by atoms with van der Waals surface area (Å²) in [6.07, 6.45) is 0. The van der Waals surface area contributed by atoms with Crippen LogP contribution in [0.3, 0.4) is 0 Å². The average molecular weight is 259 g/mol. The van der Waals surface area contributed by atoms with Crippen LogP contribution in [0.25, 0.3) is 0 Å². The Morgan fingerprint density at radius 3 is 2.58 bits per heavy atom. The lowest BCUT2D eigenvalue weighted by atomic mass is 10.1. The smallest absolute Gasteiger partial charge is 0.336 e. The first kappa shape index (κ1) is 13.2. The quantitative estimate of drug-likeness (QED) is 0.877. The van der Waals surface area contributed by atoms with E-state index in [0.29, 0.717) is 5.56 Å². The monoisotopic (exact) mass is 259 g/mol. The van der Waals surface area contributed by atoms with Crippen LogP contribution in [-0.2, 0) is 0 Å². The maximum absolute atomic E-state index is 11.1. The lowest BCUT2D eigenvalue weighted by Crippen LogP contribution is -2.09. The van der Waals surface area contributed by atoms with Crippen molar-refractivity contribution in [2.45, 2.75) is 26.8 Å². The van der Waals surface area contributed by atoms with Crippen molar-refractivity contribution in [2.75, 3.05) is 5.32 Å². The Balaban J connectivity index is 2.24. The highest BCUT2D eigenvalue weighted by Crippen LogP contribution is 2.25. The zero-order valence-electron chi connectivity index (χ0n) is 11.2. The molecule has 2 N–H and O–H groups in total. The van der Waals surface area contributed by atoms with Gasteiger partial charge in [-0.05, 0) is 50.6 Å². The van der Waals surface area contributed by atoms with Crippen molar-refractivity contribution < 1.29 is 14.3 Å². The SMILES string of the molecule is Cc1ccc(C(C)Nc2cccc(C(=O)O)c2C)o1. The van der Waals surface area contributed by atoms with Gasteiger partial charge in [0.2, 0.25) is 0 Å². The number of hydrogen-bond donors (Lipinski definition) is 2. The molecule has 0 spiro atoms. The highest BCUT2D eigenvalue weighted by molar-refractivity contribution is 5.91. The number of aromatic carboxylic acids is 1. The van der Waals surface area contributed by atoms with Crippen LogP contribution < -0.4 is 5.32 Å². The second kappa shape index (κ2) is 5.18. The van der Waals surface area contributed by atoms with Crippen LogP contribution in [0.4, 0.5) is 5.69 Å². The molecule has 19 heavy (non-hydrogen) atoms. The highest BCUT2D eigenvalue weighted by atomic mass is 16.4. The molecule has 1 atom stereocenters. The van der Waals surface area contributed by atoms with Gasteiger partial charge in [0.1, 0.15) is 11.5 Å². The van der Waals surface area contributed by atoms with E-state index in [1.807, 2.05) is 32.0 Å². The predicted octanol–water partition coefficient (Wildman–Crippen LogP) is 3.77. The van der Waals surface area contributed by atoms with Crippen LogP contribution in [0, 0.1) is 13.8 Å². The number of carbonyl (C=O) groups is 1. The Morgan fingerprint density at radius 2 is 2.00 bits per heavy atom. The summed E-state index contributed by atoms with van der Waals surface area (Å²) in [5, 5.41) is 12.4. The van der Waals surface area contributed by atoms with Crippen LogP contribution in [0.1, 0.15) is 40.4 Å². The Labute approximate surface area is 112 Å². The highest BCUT2D eigenvalue weighted by Gasteiger charge is 2.14. The summed E-state index contributed by atoms with van der Waals surface area (Å²) in [7, 11) is 0. The van der Waals surface area contributed by atoms with Gasteiger partial charge < -0.3 is 14.8 Å². The summed E-state index contributed by atoms with van der Waals surface area (Å²) in [4.78, 5) is 11.1. The maximum atomic E-state index is 11.1. The number of carboxylic acids is 1. The fraction of sp³-hybridized carbons (Fsp3) is 0.267. The molecule has 1 unspecified atom stereocenters. The predicted molar refractivity (Wildman–Crippen MR) is 73.6 cm³/mol. The topological polar surface area (TPSA) is 62.5 Å². The van der Waals surface area contributed by atoms with E-state index in [1.54, 1.807) is 19.1 Å². The molecule has 1 aromatic carbocycles. The number of benzene rings is 1. The van der Waals surface area contributed by atoms with Crippen LogP contribution in [-0.4, -0.2) is 11.1 Å². The molecule has 100 valence electrons. The molecule has 0 aliphatic heterocycles. The van der Waals surface area contributed by atoms with Gasteiger partial charge in [-0.2, -0.15) is 0 Å². The van der Waals surface area contributed by atoms with E-state index in [1.165, 1.54) is 0 Å². The van der Waals surface area contributed by atoms with E-state index in [0.717, 1.165) is 22.8 Å². The summed E-state index contributed by atoms with van der Waals surface area (Å²) in [6.45, 7) is 5.67. The molecule has 0 aliphatic rings. The second-order valence-corrected chi connectivity index (χ2v) is 4.60. The van der Waals surface area contributed by atoms with E-state index < -0.39 is 5.97 Å². The summed E-state index contributed by atoms with van der Waals surface area (Å²) >= 11 is 0. The Morgan fingerprint density at radius 1 is 1.26 bits per heavy atom. The molecule has 4 nitrogen and oxygen atoms in total. The minimum absolute atomic E-state index is 0.0172. The van der Waals surface area contributed by atoms with Crippen molar-refractivity contribution >= 4 is 11.7 Å². The zero-order valence-corrected chi connectivity index (χ0v) is 11.2. The molecule has 0 fully saturated rings. The summed E-state index contributed by atoms with van der Waals surface area (Å²) in [5.74, 6) is 0.778. The fourth-order valence-corrected chi connectivity index (χ4v) is 2.01. The summed E-state index contributed by atoms with van der Waals surface area (Å²) < 4.78 is 5.56. The molecule has 2 aromatic rings. The van der Waals surface area contributed by atoms with Crippen LogP contribution in [0.15, 0.2) is 34.7 Å². The molecular weight excluding hydrogens is 242 g/mol. The van der Waals surface area contributed by atoms with Crippen molar-refractivity contribution in [1.29, 1.82) is 0 Å². The first-order valence-corrected chi connectivity index (χ1v) is 6.15. The van der Waals surface area contributed by atoms with Crippen molar-refractivity contribution in [3.63, 3.8) is 0 Å². The number of furan rings is 1. The third-order valence-electron chi connectivity index (χ3n) is 3.12. The van der Waals surface area contributed by atoms with Gasteiger partial charge in [-0.25, -0.2) is 4.79 Å². The third-order valence-corrected chi connectivity index (χ3v) is 3.12. The molecule has 0 aliphatic carbocycles. The van der Waals surface area contributed by atoms with E-state index in [4.69, 9.17) is 9.52 Å². The number of carboxylic acid groups (broad SMARTS) is 1. The van der Waals surface area contributed by atoms with Gasteiger partial charge >= 0.3 is 5.97 Å². The minimum atomic E-state index is -0.914. The van der Waals surface area contributed by atoms with Crippen LogP contribution in [0.2, 0.25) is 0 Å². The first-order chi connectivity index (χ1) is 8.99. The van der Waals surface area contributed by atoms with Gasteiger partial charge in [-0.1, -0.05) is 6.07 Å². The van der Waals surface area contributed by atoms with Crippen LogP contribution in [0.5, 0.6) is 0 Å². The normalized spacial score (nSPS) is 12.2. The minimum Gasteiger partial charge on any atom is -0.478 e. The maximum Gasteiger partial charge on any atom is 0.336 e. The molecule has 0 bridgehead atoms. The Bertz CT molecular complexity index is 601. The lowest BCUT2D eigenvalue weighted by Gasteiger charge is -2.16. The number of hydrogen-bond acceptors (Lipinski definition) is 3. The lowest BCUT2D eigenvalue weighted by molar-refractivity contribution is 0.0696. The summed E-state index contributed by atoms with van der Waals surface area (Å²) in [5.41, 5.74) is 1.85. The van der Waals surface area contributed by atoms with Gasteiger partial charge in [0, 0.05) is 5.69 Å². The molecule has 4 heteroatoms. The van der Waals surface area contributed by atoms with Gasteiger partial charge in [-0.15, -0.1) is 0 Å². The molecule has 0 amide bonds.